The molecule has 1 aromatic heterocycles. The molecule has 3 aliphatic rings. The second-order valence-electron chi connectivity index (χ2n) is 5.72. The van der Waals surface area contributed by atoms with E-state index in [1.54, 1.807) is 6.33 Å². The predicted octanol–water partition coefficient (Wildman–Crippen LogP) is 2.09. The Balaban J connectivity index is 1.58. The number of rotatable bonds is 2. The summed E-state index contributed by atoms with van der Waals surface area (Å²) in [5, 5.41) is 3.62. The molecule has 4 nitrogen and oxygen atoms in total. The molecule has 18 heavy (non-hydrogen) atoms. The van der Waals surface area contributed by atoms with Crippen molar-refractivity contribution in [1.82, 2.24) is 9.97 Å². The zero-order valence-corrected chi connectivity index (χ0v) is 10.6. The molecule has 2 aliphatic heterocycles. The highest BCUT2D eigenvalue weighted by Crippen LogP contribution is 2.36. The second-order valence-corrected chi connectivity index (χ2v) is 5.72. The van der Waals surface area contributed by atoms with Gasteiger partial charge in [-0.25, -0.2) is 9.97 Å². The normalized spacial score (nSPS) is 33.4. The van der Waals surface area contributed by atoms with Crippen LogP contribution >= 0.6 is 0 Å². The van der Waals surface area contributed by atoms with Crippen molar-refractivity contribution in [3.05, 3.63) is 17.6 Å². The van der Waals surface area contributed by atoms with Crippen molar-refractivity contribution in [2.24, 2.45) is 0 Å². The van der Waals surface area contributed by atoms with Crippen LogP contribution in [0.1, 0.15) is 43.4 Å². The van der Waals surface area contributed by atoms with Crippen LogP contribution in [0.5, 0.6) is 0 Å². The molecule has 1 aromatic rings. The lowest BCUT2D eigenvalue weighted by atomic mass is 9.93. The lowest BCUT2D eigenvalue weighted by molar-refractivity contribution is 0.102. The predicted molar refractivity (Wildman–Crippen MR) is 68.6 cm³/mol. The number of hydrogen-bond acceptors (Lipinski definition) is 4. The molecule has 1 N–H and O–H groups in total. The van der Waals surface area contributed by atoms with Crippen molar-refractivity contribution < 1.29 is 4.74 Å². The number of nitrogens with one attached hydrogen (secondary N) is 1. The van der Waals surface area contributed by atoms with Crippen molar-refractivity contribution >= 4 is 5.82 Å². The zero-order valence-electron chi connectivity index (χ0n) is 10.6. The summed E-state index contributed by atoms with van der Waals surface area (Å²) in [7, 11) is 0. The van der Waals surface area contributed by atoms with E-state index in [4.69, 9.17) is 4.74 Å². The summed E-state index contributed by atoms with van der Waals surface area (Å²) in [5.74, 6) is 1.07. The number of aromatic nitrogens is 2. The fraction of sp³-hybridized carbons (Fsp3) is 0.714. The Morgan fingerprint density at radius 2 is 2.11 bits per heavy atom. The molecule has 4 rings (SSSR count). The Kier molecular flexibility index (Phi) is 2.50. The van der Waals surface area contributed by atoms with E-state index < -0.39 is 0 Å². The number of nitrogens with zero attached hydrogens (tertiary/aromatic N) is 2. The third kappa shape index (κ3) is 1.70. The molecule has 96 valence electrons. The first-order valence-electron chi connectivity index (χ1n) is 7.15. The molecule has 3 heterocycles. The van der Waals surface area contributed by atoms with Crippen molar-refractivity contribution in [2.45, 2.75) is 63.2 Å². The van der Waals surface area contributed by atoms with Crippen LogP contribution in [0.25, 0.3) is 0 Å². The van der Waals surface area contributed by atoms with Crippen LogP contribution in [-0.2, 0) is 17.6 Å². The molecule has 0 saturated carbocycles. The van der Waals surface area contributed by atoms with Gasteiger partial charge in [-0.3, -0.25) is 0 Å². The molecule has 2 fully saturated rings. The molecular formula is C14H19N3O. The van der Waals surface area contributed by atoms with Gasteiger partial charge in [0, 0.05) is 11.3 Å². The van der Waals surface area contributed by atoms with Crippen LogP contribution in [0.3, 0.4) is 0 Å². The van der Waals surface area contributed by atoms with Gasteiger partial charge < -0.3 is 10.1 Å². The average Bonchev–Trinajstić information content (AvgIpc) is 3.01. The fourth-order valence-electron chi connectivity index (χ4n) is 3.61. The SMILES string of the molecule is c1nc2c(c(NC3CC4CCC3O4)n1)CCCC2. The van der Waals surface area contributed by atoms with Crippen LogP contribution < -0.4 is 5.32 Å². The van der Waals surface area contributed by atoms with Gasteiger partial charge in [0.2, 0.25) is 0 Å². The Hall–Kier alpha value is -1.16. The van der Waals surface area contributed by atoms with E-state index >= 15 is 0 Å². The minimum absolute atomic E-state index is 0.407. The molecule has 0 radical (unpaired) electrons. The van der Waals surface area contributed by atoms with E-state index in [2.05, 4.69) is 15.3 Å². The van der Waals surface area contributed by atoms with Crippen molar-refractivity contribution in [1.29, 1.82) is 0 Å². The van der Waals surface area contributed by atoms with Crippen LogP contribution in [-0.4, -0.2) is 28.2 Å². The fourth-order valence-corrected chi connectivity index (χ4v) is 3.61. The first-order chi connectivity index (χ1) is 8.90. The maximum atomic E-state index is 5.90. The molecule has 3 unspecified atom stereocenters. The molecule has 1 aliphatic carbocycles. The Bertz CT molecular complexity index is 462. The highest BCUT2D eigenvalue weighted by Gasteiger charge is 2.41. The number of ether oxygens (including phenoxy) is 1. The first kappa shape index (κ1) is 10.7. The van der Waals surface area contributed by atoms with Crippen LogP contribution in [0.4, 0.5) is 5.82 Å². The lowest BCUT2D eigenvalue weighted by Gasteiger charge is -2.24. The maximum Gasteiger partial charge on any atom is 0.133 e. The van der Waals surface area contributed by atoms with Gasteiger partial charge in [-0.15, -0.1) is 0 Å². The molecule has 0 aromatic carbocycles. The summed E-state index contributed by atoms with van der Waals surface area (Å²) >= 11 is 0. The smallest absolute Gasteiger partial charge is 0.133 e. The molecule has 3 atom stereocenters. The van der Waals surface area contributed by atoms with Gasteiger partial charge in [-0.05, 0) is 44.9 Å². The van der Waals surface area contributed by atoms with Gasteiger partial charge in [-0.1, -0.05) is 0 Å². The lowest BCUT2D eigenvalue weighted by Crippen LogP contribution is -2.31. The minimum Gasteiger partial charge on any atom is -0.373 e. The van der Waals surface area contributed by atoms with Gasteiger partial charge in [0.15, 0.2) is 0 Å². The number of anilines is 1. The highest BCUT2D eigenvalue weighted by atomic mass is 16.5. The van der Waals surface area contributed by atoms with Crippen LogP contribution in [0.2, 0.25) is 0 Å². The number of aryl methyl sites for hydroxylation is 1. The van der Waals surface area contributed by atoms with Crippen LogP contribution in [0.15, 0.2) is 6.33 Å². The Morgan fingerprint density at radius 1 is 1.17 bits per heavy atom. The van der Waals surface area contributed by atoms with E-state index in [1.165, 1.54) is 36.9 Å². The van der Waals surface area contributed by atoms with Crippen LogP contribution in [0, 0.1) is 0 Å². The summed E-state index contributed by atoms with van der Waals surface area (Å²) in [4.78, 5) is 8.88. The average molecular weight is 245 g/mol. The summed E-state index contributed by atoms with van der Waals surface area (Å²) in [6, 6.07) is 0.463. The summed E-state index contributed by atoms with van der Waals surface area (Å²) in [5.41, 5.74) is 2.61. The quantitative estimate of drug-likeness (QED) is 0.866. The van der Waals surface area contributed by atoms with Gasteiger partial charge >= 0.3 is 0 Å². The number of hydrogen-bond donors (Lipinski definition) is 1. The van der Waals surface area contributed by atoms with E-state index in [1.807, 2.05) is 0 Å². The Labute approximate surface area is 107 Å². The first-order valence-corrected chi connectivity index (χ1v) is 7.15. The van der Waals surface area contributed by atoms with E-state index in [9.17, 15) is 0 Å². The monoisotopic (exact) mass is 245 g/mol. The van der Waals surface area contributed by atoms with E-state index in [0.29, 0.717) is 18.2 Å². The maximum absolute atomic E-state index is 5.90. The largest absolute Gasteiger partial charge is 0.373 e. The molecule has 2 bridgehead atoms. The number of fused-ring (bicyclic) bond motifs is 3. The summed E-state index contributed by atoms with van der Waals surface area (Å²) < 4.78 is 5.90. The van der Waals surface area contributed by atoms with Gasteiger partial charge in [-0.2, -0.15) is 0 Å². The van der Waals surface area contributed by atoms with E-state index in [0.717, 1.165) is 25.1 Å². The standard InChI is InChI=1S/C14H19N3O/c1-2-4-11-10(3-1)14(16-8-15-11)17-12-7-9-5-6-13(12)18-9/h8-9,12-13H,1-7H2,(H,15,16,17). The van der Waals surface area contributed by atoms with Crippen molar-refractivity contribution in [3.63, 3.8) is 0 Å². The van der Waals surface area contributed by atoms with E-state index in [-0.39, 0.29) is 0 Å². The third-order valence-corrected chi connectivity index (χ3v) is 4.55. The summed E-state index contributed by atoms with van der Waals surface area (Å²) in [6.45, 7) is 0. The molecular weight excluding hydrogens is 226 g/mol. The minimum atomic E-state index is 0.407. The molecule has 0 amide bonds. The Morgan fingerprint density at radius 3 is 2.94 bits per heavy atom. The highest BCUT2D eigenvalue weighted by molar-refractivity contribution is 5.48. The van der Waals surface area contributed by atoms with Crippen molar-refractivity contribution in [2.75, 3.05) is 5.32 Å². The van der Waals surface area contributed by atoms with Gasteiger partial charge in [0.25, 0.3) is 0 Å². The zero-order chi connectivity index (χ0) is 11.9. The summed E-state index contributed by atoms with van der Waals surface area (Å²) in [6.07, 6.45) is 11.0. The van der Waals surface area contributed by atoms with Gasteiger partial charge in [0.05, 0.1) is 18.2 Å². The molecule has 2 saturated heterocycles. The second kappa shape index (κ2) is 4.19. The third-order valence-electron chi connectivity index (χ3n) is 4.55. The van der Waals surface area contributed by atoms with Gasteiger partial charge in [0.1, 0.15) is 12.1 Å². The topological polar surface area (TPSA) is 47.0 Å². The molecule has 0 spiro atoms. The molecule has 4 heteroatoms. The van der Waals surface area contributed by atoms with Crippen molar-refractivity contribution in [3.8, 4) is 0 Å².